The van der Waals surface area contributed by atoms with Crippen molar-refractivity contribution in [2.45, 2.75) is 46.7 Å². The molecule has 1 saturated heterocycles. The number of carbonyl (C=O) groups excluding carboxylic acids is 1. The van der Waals surface area contributed by atoms with Gasteiger partial charge in [-0.05, 0) is 98.7 Å². The molecule has 0 spiro atoms. The molecular weight excluding hydrogens is 561 g/mol. The fourth-order valence-corrected chi connectivity index (χ4v) is 6.12. The molecule has 40 heavy (non-hydrogen) atoms. The van der Waals surface area contributed by atoms with Crippen molar-refractivity contribution in [1.82, 2.24) is 14.9 Å². The molecule has 0 radical (unpaired) electrons. The van der Waals surface area contributed by atoms with E-state index >= 15 is 0 Å². The smallest absolute Gasteiger partial charge is 0.226 e. The molecule has 206 valence electrons. The minimum absolute atomic E-state index is 0.0180. The zero-order valence-electron chi connectivity index (χ0n) is 23.0. The lowest BCUT2D eigenvalue weighted by Gasteiger charge is -2.29. The van der Waals surface area contributed by atoms with Crippen LogP contribution in [0.15, 0.2) is 66.9 Å². The van der Waals surface area contributed by atoms with Gasteiger partial charge in [0.05, 0.1) is 28.5 Å². The van der Waals surface area contributed by atoms with Crippen LogP contribution in [-0.4, -0.2) is 20.6 Å². The van der Waals surface area contributed by atoms with Crippen molar-refractivity contribution < 1.29 is 4.79 Å². The van der Waals surface area contributed by atoms with Crippen LogP contribution in [0.3, 0.4) is 0 Å². The Hall–Kier alpha value is -3.39. The molecule has 2 atom stereocenters. The number of amides is 1. The van der Waals surface area contributed by atoms with E-state index in [-0.39, 0.29) is 23.9 Å². The molecule has 5 rings (SSSR count). The largest absolute Gasteiger partial charge is 0.351 e. The lowest BCUT2D eigenvalue weighted by atomic mass is 9.96. The number of anilines is 2. The zero-order chi connectivity index (χ0) is 28.7. The minimum Gasteiger partial charge on any atom is -0.351 e. The maximum absolute atomic E-state index is 12.3. The molecular formula is C31H31Cl2N5OS. The number of thiocarbonyl (C=S) groups is 1. The molecule has 1 fully saturated rings. The molecule has 0 bridgehead atoms. The van der Waals surface area contributed by atoms with Gasteiger partial charge < -0.3 is 20.1 Å². The third-order valence-corrected chi connectivity index (χ3v) is 8.16. The SMILES string of the molecule is Cc1cc(N2C(=S)N[C@H](c3ccccn3)[C@H]2c2cc(C)n(-c3ccc(Cl)cc3Cl)c2C)ccc1NC(=O)C(C)C. The summed E-state index contributed by atoms with van der Waals surface area (Å²) in [6, 6.07) is 19.3. The maximum Gasteiger partial charge on any atom is 0.226 e. The predicted molar refractivity (Wildman–Crippen MR) is 168 cm³/mol. The van der Waals surface area contributed by atoms with Crippen LogP contribution in [0, 0.1) is 26.7 Å². The molecule has 2 N–H and O–H groups in total. The van der Waals surface area contributed by atoms with E-state index in [1.165, 1.54) is 0 Å². The Labute approximate surface area is 250 Å². The van der Waals surface area contributed by atoms with Crippen molar-refractivity contribution >= 4 is 57.8 Å². The number of halogens is 2. The Balaban J connectivity index is 1.63. The van der Waals surface area contributed by atoms with Crippen LogP contribution in [0.4, 0.5) is 11.4 Å². The number of nitrogens with one attached hydrogen (secondary N) is 2. The topological polar surface area (TPSA) is 62.2 Å². The molecule has 0 aliphatic carbocycles. The number of hydrogen-bond donors (Lipinski definition) is 2. The number of pyridine rings is 1. The van der Waals surface area contributed by atoms with Gasteiger partial charge in [0.2, 0.25) is 5.91 Å². The molecule has 0 unspecified atom stereocenters. The highest BCUT2D eigenvalue weighted by molar-refractivity contribution is 7.80. The highest BCUT2D eigenvalue weighted by Crippen LogP contribution is 2.44. The van der Waals surface area contributed by atoms with Gasteiger partial charge in [0.25, 0.3) is 0 Å². The summed E-state index contributed by atoms with van der Waals surface area (Å²) in [5, 5.41) is 8.33. The van der Waals surface area contributed by atoms with E-state index in [0.717, 1.165) is 45.3 Å². The lowest BCUT2D eigenvalue weighted by Crippen LogP contribution is -2.29. The Bertz CT molecular complexity index is 1600. The molecule has 3 heterocycles. The number of rotatable bonds is 6. The van der Waals surface area contributed by atoms with Crippen LogP contribution in [0.1, 0.15) is 54.1 Å². The number of aromatic nitrogens is 2. The van der Waals surface area contributed by atoms with Crippen molar-refractivity contribution in [2.75, 3.05) is 10.2 Å². The first kappa shape index (κ1) is 28.1. The number of carbonyl (C=O) groups is 1. The van der Waals surface area contributed by atoms with Gasteiger partial charge in [-0.15, -0.1) is 0 Å². The number of hydrogen-bond acceptors (Lipinski definition) is 3. The molecule has 4 aromatic rings. The van der Waals surface area contributed by atoms with Crippen LogP contribution in [0.5, 0.6) is 0 Å². The van der Waals surface area contributed by atoms with E-state index in [1.807, 2.05) is 63.2 Å². The second-order valence-electron chi connectivity index (χ2n) is 10.4. The van der Waals surface area contributed by atoms with E-state index in [4.69, 9.17) is 35.4 Å². The molecule has 2 aromatic heterocycles. The number of aryl methyl sites for hydroxylation is 2. The number of nitrogens with zero attached hydrogens (tertiary/aromatic N) is 3. The first-order chi connectivity index (χ1) is 19.1. The van der Waals surface area contributed by atoms with Gasteiger partial charge in [0.1, 0.15) is 0 Å². The van der Waals surface area contributed by atoms with Gasteiger partial charge in [-0.3, -0.25) is 9.78 Å². The van der Waals surface area contributed by atoms with Crippen molar-refractivity contribution in [1.29, 1.82) is 0 Å². The van der Waals surface area contributed by atoms with Crippen LogP contribution < -0.4 is 15.5 Å². The normalized spacial score (nSPS) is 16.9. The molecule has 9 heteroatoms. The highest BCUT2D eigenvalue weighted by Gasteiger charge is 2.42. The summed E-state index contributed by atoms with van der Waals surface area (Å²) in [5.74, 6) is -0.127. The van der Waals surface area contributed by atoms with Crippen molar-refractivity contribution in [3.8, 4) is 5.69 Å². The van der Waals surface area contributed by atoms with E-state index in [9.17, 15) is 4.79 Å². The van der Waals surface area contributed by atoms with E-state index < -0.39 is 0 Å². The average Bonchev–Trinajstić information content (AvgIpc) is 3.41. The average molecular weight is 593 g/mol. The minimum atomic E-state index is -0.191. The standard InChI is InChI=1S/C31H31Cl2N5OS/c1-17(2)30(39)35-25-11-10-22(14-18(25)3)38-29(28(36-31(38)40)26-8-6-7-13-34-26)23-15-19(4)37(20(23)5)27-12-9-21(32)16-24(27)33/h6-17,28-29H,1-5H3,(H,35,39)(H,36,40)/t28-,29-/m1/s1. The van der Waals surface area contributed by atoms with Gasteiger partial charge in [-0.2, -0.15) is 0 Å². The van der Waals surface area contributed by atoms with Crippen LogP contribution in [0.25, 0.3) is 5.69 Å². The van der Waals surface area contributed by atoms with Gasteiger partial charge in [0.15, 0.2) is 5.11 Å². The first-order valence-corrected chi connectivity index (χ1v) is 14.3. The summed E-state index contributed by atoms with van der Waals surface area (Å²) < 4.78 is 2.15. The second kappa shape index (κ2) is 11.2. The molecule has 1 aliphatic heterocycles. The quantitative estimate of drug-likeness (QED) is 0.223. The van der Waals surface area contributed by atoms with E-state index in [1.54, 1.807) is 12.3 Å². The molecule has 2 aromatic carbocycles. The third-order valence-electron chi connectivity index (χ3n) is 7.31. The molecule has 1 amide bonds. The molecule has 0 saturated carbocycles. The summed E-state index contributed by atoms with van der Waals surface area (Å²) in [7, 11) is 0. The monoisotopic (exact) mass is 591 g/mol. The van der Waals surface area contributed by atoms with Gasteiger partial charge in [-0.25, -0.2) is 0 Å². The summed E-state index contributed by atoms with van der Waals surface area (Å²) in [4.78, 5) is 19.2. The van der Waals surface area contributed by atoms with Crippen molar-refractivity contribution in [3.63, 3.8) is 0 Å². The Kier molecular flexibility index (Phi) is 7.91. The second-order valence-corrected chi connectivity index (χ2v) is 11.6. The van der Waals surface area contributed by atoms with Crippen molar-refractivity contribution in [2.24, 2.45) is 5.92 Å². The summed E-state index contributed by atoms with van der Waals surface area (Å²) in [6.45, 7) is 9.91. The Morgan fingerprint density at radius 1 is 1.05 bits per heavy atom. The fraction of sp³-hybridized carbons (Fsp3) is 0.258. The molecule has 1 aliphatic rings. The maximum atomic E-state index is 12.3. The first-order valence-electron chi connectivity index (χ1n) is 13.1. The van der Waals surface area contributed by atoms with Gasteiger partial charge in [0, 0.05) is 39.9 Å². The Morgan fingerprint density at radius 3 is 2.48 bits per heavy atom. The Morgan fingerprint density at radius 2 is 1.82 bits per heavy atom. The summed E-state index contributed by atoms with van der Waals surface area (Å²) in [5.41, 5.74) is 7.60. The molecule has 6 nitrogen and oxygen atoms in total. The van der Waals surface area contributed by atoms with Crippen LogP contribution in [0.2, 0.25) is 10.0 Å². The van der Waals surface area contributed by atoms with Crippen LogP contribution >= 0.6 is 35.4 Å². The highest BCUT2D eigenvalue weighted by atomic mass is 35.5. The number of benzene rings is 2. The predicted octanol–water partition coefficient (Wildman–Crippen LogP) is 7.88. The van der Waals surface area contributed by atoms with Crippen molar-refractivity contribution in [3.05, 3.63) is 105 Å². The van der Waals surface area contributed by atoms with Gasteiger partial charge in [-0.1, -0.05) is 43.1 Å². The van der Waals surface area contributed by atoms with E-state index in [2.05, 4.69) is 51.1 Å². The summed E-state index contributed by atoms with van der Waals surface area (Å²) >= 11 is 18.8. The fourth-order valence-electron chi connectivity index (χ4n) is 5.28. The summed E-state index contributed by atoms with van der Waals surface area (Å²) in [6.07, 6.45) is 1.80. The lowest BCUT2D eigenvalue weighted by molar-refractivity contribution is -0.118. The van der Waals surface area contributed by atoms with E-state index in [0.29, 0.717) is 15.2 Å². The van der Waals surface area contributed by atoms with Gasteiger partial charge >= 0.3 is 0 Å². The zero-order valence-corrected chi connectivity index (χ0v) is 25.3. The third kappa shape index (κ3) is 5.21. The van der Waals surface area contributed by atoms with Crippen LogP contribution in [-0.2, 0) is 4.79 Å².